The minimum Gasteiger partial charge on any atom is -0.376 e. The molecule has 1 fully saturated rings. The van der Waals surface area contributed by atoms with E-state index in [1.54, 1.807) is 0 Å². The summed E-state index contributed by atoms with van der Waals surface area (Å²) in [5.74, 6) is 0. The van der Waals surface area contributed by atoms with Crippen molar-refractivity contribution >= 4 is 0 Å². The van der Waals surface area contributed by atoms with E-state index >= 15 is 0 Å². The molecular weight excluding hydrogens is 238 g/mol. The molecule has 2 atom stereocenters. The molecule has 1 N–H and O–H groups in total. The molecule has 1 aliphatic rings. The maximum atomic E-state index is 5.87. The second-order valence-electron chi connectivity index (χ2n) is 4.99. The maximum Gasteiger partial charge on any atom is 0.100 e. The zero-order valence-corrected chi connectivity index (χ0v) is 12.2. The molecule has 19 heavy (non-hydrogen) atoms. The Morgan fingerprint density at radius 1 is 1.26 bits per heavy atom. The SMILES string of the molecule is CCc1ccc(CC)c(C(NC)C2COCCO2)c1. The number of benzene rings is 1. The molecule has 0 amide bonds. The number of hydrogen-bond donors (Lipinski definition) is 1. The fourth-order valence-electron chi connectivity index (χ4n) is 2.72. The van der Waals surface area contributed by atoms with Crippen molar-refractivity contribution in [1.29, 1.82) is 0 Å². The number of hydrogen-bond acceptors (Lipinski definition) is 3. The molecule has 3 nitrogen and oxygen atoms in total. The summed E-state index contributed by atoms with van der Waals surface area (Å²) in [5.41, 5.74) is 4.13. The van der Waals surface area contributed by atoms with Gasteiger partial charge >= 0.3 is 0 Å². The summed E-state index contributed by atoms with van der Waals surface area (Å²) in [6.45, 7) is 6.47. The Morgan fingerprint density at radius 3 is 2.68 bits per heavy atom. The lowest BCUT2D eigenvalue weighted by molar-refractivity contribution is -0.101. The Kier molecular flexibility index (Phi) is 5.37. The van der Waals surface area contributed by atoms with Gasteiger partial charge in [-0.2, -0.15) is 0 Å². The lowest BCUT2D eigenvalue weighted by Crippen LogP contribution is -2.39. The van der Waals surface area contributed by atoms with Gasteiger partial charge < -0.3 is 14.8 Å². The van der Waals surface area contributed by atoms with Crippen LogP contribution in [0.15, 0.2) is 18.2 Å². The highest BCUT2D eigenvalue weighted by Crippen LogP contribution is 2.26. The molecule has 2 unspecified atom stereocenters. The van der Waals surface area contributed by atoms with E-state index in [4.69, 9.17) is 9.47 Å². The van der Waals surface area contributed by atoms with Crippen molar-refractivity contribution in [3.63, 3.8) is 0 Å². The molecule has 1 heterocycles. The summed E-state index contributed by atoms with van der Waals surface area (Å²) in [5, 5.41) is 3.41. The van der Waals surface area contributed by atoms with Crippen molar-refractivity contribution < 1.29 is 9.47 Å². The van der Waals surface area contributed by atoms with Gasteiger partial charge in [-0.25, -0.2) is 0 Å². The third-order valence-electron chi connectivity index (χ3n) is 3.86. The van der Waals surface area contributed by atoms with Crippen LogP contribution >= 0.6 is 0 Å². The summed E-state index contributed by atoms with van der Waals surface area (Å²) in [6, 6.07) is 7.01. The van der Waals surface area contributed by atoms with Gasteiger partial charge in [0.15, 0.2) is 0 Å². The quantitative estimate of drug-likeness (QED) is 0.885. The Labute approximate surface area is 116 Å². The molecule has 1 aromatic rings. The molecular formula is C16H25NO2. The first kappa shape index (κ1) is 14.5. The van der Waals surface area contributed by atoms with Crippen LogP contribution in [0.3, 0.4) is 0 Å². The van der Waals surface area contributed by atoms with E-state index in [-0.39, 0.29) is 12.1 Å². The fraction of sp³-hybridized carbons (Fsp3) is 0.625. The molecule has 106 valence electrons. The molecule has 0 bridgehead atoms. The van der Waals surface area contributed by atoms with E-state index in [1.807, 2.05) is 7.05 Å². The van der Waals surface area contributed by atoms with Crippen LogP contribution in [-0.2, 0) is 22.3 Å². The Bertz CT molecular complexity index is 400. The van der Waals surface area contributed by atoms with Crippen molar-refractivity contribution in [3.8, 4) is 0 Å². The normalized spacial score (nSPS) is 21.3. The lowest BCUT2D eigenvalue weighted by atomic mass is 9.92. The minimum absolute atomic E-state index is 0.108. The van der Waals surface area contributed by atoms with Crippen LogP contribution < -0.4 is 5.32 Å². The second-order valence-corrected chi connectivity index (χ2v) is 4.99. The van der Waals surface area contributed by atoms with Crippen molar-refractivity contribution in [2.24, 2.45) is 0 Å². The monoisotopic (exact) mass is 263 g/mol. The van der Waals surface area contributed by atoms with Crippen molar-refractivity contribution in [1.82, 2.24) is 5.32 Å². The summed E-state index contributed by atoms with van der Waals surface area (Å²) >= 11 is 0. The standard InChI is InChI=1S/C16H25NO2/c1-4-12-6-7-13(5-2)14(10-12)16(17-3)15-11-18-8-9-19-15/h6-7,10,15-17H,4-5,8-9,11H2,1-3H3. The van der Waals surface area contributed by atoms with E-state index < -0.39 is 0 Å². The molecule has 0 aromatic heterocycles. The first-order chi connectivity index (χ1) is 9.30. The van der Waals surface area contributed by atoms with Gasteiger partial charge in [0, 0.05) is 0 Å². The third-order valence-corrected chi connectivity index (χ3v) is 3.86. The van der Waals surface area contributed by atoms with E-state index in [0.717, 1.165) is 12.8 Å². The second kappa shape index (κ2) is 7.04. The predicted molar refractivity (Wildman–Crippen MR) is 77.6 cm³/mol. The van der Waals surface area contributed by atoms with Crippen LogP contribution in [-0.4, -0.2) is 33.0 Å². The van der Waals surface area contributed by atoms with Gasteiger partial charge in [0.1, 0.15) is 6.10 Å². The number of likely N-dealkylation sites (N-methyl/N-ethyl adjacent to an activating group) is 1. The molecule has 2 rings (SSSR count). The molecule has 1 saturated heterocycles. The highest BCUT2D eigenvalue weighted by atomic mass is 16.6. The summed E-state index contributed by atoms with van der Waals surface area (Å²) in [7, 11) is 2.00. The van der Waals surface area contributed by atoms with Gasteiger partial charge in [0.05, 0.1) is 25.9 Å². The van der Waals surface area contributed by atoms with Gasteiger partial charge in [-0.15, -0.1) is 0 Å². The number of nitrogens with one attached hydrogen (secondary N) is 1. The Balaban J connectivity index is 2.29. The van der Waals surface area contributed by atoms with E-state index in [1.165, 1.54) is 16.7 Å². The topological polar surface area (TPSA) is 30.5 Å². The molecule has 3 heteroatoms. The van der Waals surface area contributed by atoms with Crippen molar-refractivity contribution in [2.45, 2.75) is 38.8 Å². The summed E-state index contributed by atoms with van der Waals surface area (Å²) in [4.78, 5) is 0. The summed E-state index contributed by atoms with van der Waals surface area (Å²) < 4.78 is 11.4. The average molecular weight is 263 g/mol. The molecule has 0 radical (unpaired) electrons. The predicted octanol–water partition coefficient (Wildman–Crippen LogP) is 2.49. The molecule has 1 aliphatic heterocycles. The number of ether oxygens (including phenoxy) is 2. The highest BCUT2D eigenvalue weighted by molar-refractivity contribution is 5.35. The van der Waals surface area contributed by atoms with Gasteiger partial charge in [0.2, 0.25) is 0 Å². The molecule has 0 spiro atoms. The van der Waals surface area contributed by atoms with Crippen molar-refractivity contribution in [2.75, 3.05) is 26.9 Å². The zero-order chi connectivity index (χ0) is 13.7. The van der Waals surface area contributed by atoms with Gasteiger partial charge in [-0.3, -0.25) is 0 Å². The van der Waals surface area contributed by atoms with Crippen molar-refractivity contribution in [3.05, 3.63) is 34.9 Å². The van der Waals surface area contributed by atoms with E-state index in [2.05, 4.69) is 37.4 Å². The highest BCUT2D eigenvalue weighted by Gasteiger charge is 2.26. The first-order valence-electron chi connectivity index (χ1n) is 7.28. The van der Waals surface area contributed by atoms with Crippen LogP contribution in [0.25, 0.3) is 0 Å². The van der Waals surface area contributed by atoms with Crippen LogP contribution in [0, 0.1) is 0 Å². The lowest BCUT2D eigenvalue weighted by Gasteiger charge is -2.32. The van der Waals surface area contributed by atoms with Crippen LogP contribution in [0.5, 0.6) is 0 Å². The van der Waals surface area contributed by atoms with Crippen LogP contribution in [0.1, 0.15) is 36.6 Å². The zero-order valence-electron chi connectivity index (χ0n) is 12.2. The Hall–Kier alpha value is -0.900. The maximum absolute atomic E-state index is 5.87. The molecule has 0 aliphatic carbocycles. The molecule has 0 saturated carbocycles. The largest absolute Gasteiger partial charge is 0.376 e. The third kappa shape index (κ3) is 3.35. The van der Waals surface area contributed by atoms with Gasteiger partial charge in [-0.05, 0) is 36.6 Å². The fourth-order valence-corrected chi connectivity index (χ4v) is 2.72. The van der Waals surface area contributed by atoms with E-state index in [0.29, 0.717) is 19.8 Å². The van der Waals surface area contributed by atoms with Crippen LogP contribution in [0.2, 0.25) is 0 Å². The average Bonchev–Trinajstić information content (AvgIpc) is 2.49. The van der Waals surface area contributed by atoms with Gasteiger partial charge in [-0.1, -0.05) is 32.0 Å². The summed E-state index contributed by atoms with van der Waals surface area (Å²) in [6.07, 6.45) is 2.22. The number of aryl methyl sites for hydroxylation is 2. The minimum atomic E-state index is 0.108. The smallest absolute Gasteiger partial charge is 0.100 e. The molecule has 1 aromatic carbocycles. The Morgan fingerprint density at radius 2 is 2.11 bits per heavy atom. The van der Waals surface area contributed by atoms with E-state index in [9.17, 15) is 0 Å². The van der Waals surface area contributed by atoms with Gasteiger partial charge in [0.25, 0.3) is 0 Å². The number of rotatable bonds is 5. The van der Waals surface area contributed by atoms with Crippen LogP contribution in [0.4, 0.5) is 0 Å². The first-order valence-corrected chi connectivity index (χ1v) is 7.28.